The lowest BCUT2D eigenvalue weighted by molar-refractivity contribution is -0.138. The predicted molar refractivity (Wildman–Crippen MR) is 101 cm³/mol. The van der Waals surface area contributed by atoms with E-state index in [1.165, 1.54) is 0 Å². The van der Waals surface area contributed by atoms with Gasteiger partial charge in [0, 0.05) is 6.42 Å². The van der Waals surface area contributed by atoms with Crippen molar-refractivity contribution >= 4 is 12.0 Å². The van der Waals surface area contributed by atoms with Crippen molar-refractivity contribution in [2.75, 3.05) is 0 Å². The van der Waals surface area contributed by atoms with Crippen LogP contribution in [0.2, 0.25) is 0 Å². The van der Waals surface area contributed by atoms with Crippen molar-refractivity contribution in [1.29, 1.82) is 0 Å². The fourth-order valence-corrected chi connectivity index (χ4v) is 2.59. The van der Waals surface area contributed by atoms with Gasteiger partial charge in [0.1, 0.15) is 5.76 Å². The van der Waals surface area contributed by atoms with E-state index in [1.807, 2.05) is 97.1 Å². The van der Waals surface area contributed by atoms with Crippen LogP contribution < -0.4 is 0 Å². The monoisotopic (exact) mass is 328 g/mol. The molecule has 0 bridgehead atoms. The molecule has 0 aliphatic heterocycles. The van der Waals surface area contributed by atoms with Crippen molar-refractivity contribution in [3.8, 4) is 0 Å². The van der Waals surface area contributed by atoms with E-state index in [0.717, 1.165) is 16.7 Å². The Morgan fingerprint density at radius 3 is 1.72 bits per heavy atom. The van der Waals surface area contributed by atoms with Crippen molar-refractivity contribution in [3.63, 3.8) is 0 Å². The Morgan fingerprint density at radius 2 is 1.16 bits per heavy atom. The number of carbonyl (C=O) groups excluding carboxylic acids is 1. The minimum absolute atomic E-state index is 0.246. The van der Waals surface area contributed by atoms with Crippen LogP contribution in [0.5, 0.6) is 0 Å². The SMILES string of the molecule is O=C(Cc1ccccc1)OC(=Cc1ccccc1)Cc1ccccc1. The van der Waals surface area contributed by atoms with Crippen LogP contribution in [-0.2, 0) is 22.4 Å². The van der Waals surface area contributed by atoms with Gasteiger partial charge in [0.05, 0.1) is 6.42 Å². The minimum atomic E-state index is -0.246. The molecule has 2 heteroatoms. The smallest absolute Gasteiger partial charge is 0.315 e. The highest BCUT2D eigenvalue weighted by atomic mass is 16.5. The van der Waals surface area contributed by atoms with Crippen LogP contribution in [0.25, 0.3) is 6.08 Å². The Bertz CT molecular complexity index is 822. The van der Waals surface area contributed by atoms with Gasteiger partial charge >= 0.3 is 5.97 Å². The molecule has 0 aliphatic rings. The number of allylic oxidation sites excluding steroid dienone is 1. The van der Waals surface area contributed by atoms with Crippen LogP contribution in [0, 0.1) is 0 Å². The third kappa shape index (κ3) is 5.47. The van der Waals surface area contributed by atoms with E-state index in [4.69, 9.17) is 4.74 Å². The molecule has 3 rings (SSSR count). The summed E-state index contributed by atoms with van der Waals surface area (Å²) in [4.78, 5) is 12.3. The number of benzene rings is 3. The largest absolute Gasteiger partial charge is 0.430 e. The average molecular weight is 328 g/mol. The molecule has 0 saturated carbocycles. The van der Waals surface area contributed by atoms with E-state index >= 15 is 0 Å². The third-order valence-corrected chi connectivity index (χ3v) is 3.78. The molecule has 124 valence electrons. The first kappa shape index (κ1) is 16.7. The first-order chi connectivity index (χ1) is 12.3. The summed E-state index contributed by atoms with van der Waals surface area (Å²) < 4.78 is 5.68. The molecule has 2 nitrogen and oxygen atoms in total. The van der Waals surface area contributed by atoms with Gasteiger partial charge in [-0.15, -0.1) is 0 Å². The average Bonchev–Trinajstić information content (AvgIpc) is 2.64. The van der Waals surface area contributed by atoms with E-state index in [0.29, 0.717) is 12.2 Å². The van der Waals surface area contributed by atoms with Gasteiger partial charge in [-0.05, 0) is 22.8 Å². The number of ether oxygens (including phenoxy) is 1. The topological polar surface area (TPSA) is 26.3 Å². The number of rotatable bonds is 6. The number of hydrogen-bond acceptors (Lipinski definition) is 2. The van der Waals surface area contributed by atoms with Crippen molar-refractivity contribution < 1.29 is 9.53 Å². The molecular formula is C23H20O2. The van der Waals surface area contributed by atoms with Crippen molar-refractivity contribution in [2.24, 2.45) is 0 Å². The Morgan fingerprint density at radius 1 is 0.680 bits per heavy atom. The summed E-state index contributed by atoms with van der Waals surface area (Å²) in [6.45, 7) is 0. The van der Waals surface area contributed by atoms with Gasteiger partial charge in [-0.2, -0.15) is 0 Å². The molecule has 0 atom stereocenters. The zero-order chi connectivity index (χ0) is 17.3. The van der Waals surface area contributed by atoms with Crippen molar-refractivity contribution in [3.05, 3.63) is 113 Å². The maximum Gasteiger partial charge on any atom is 0.315 e. The molecule has 0 fully saturated rings. The molecule has 3 aromatic carbocycles. The molecule has 0 unspecified atom stereocenters. The second-order valence-corrected chi connectivity index (χ2v) is 5.82. The lowest BCUT2D eigenvalue weighted by atomic mass is 10.1. The lowest BCUT2D eigenvalue weighted by Gasteiger charge is -2.10. The maximum absolute atomic E-state index is 12.3. The molecule has 0 N–H and O–H groups in total. The summed E-state index contributed by atoms with van der Waals surface area (Å²) in [6.07, 6.45) is 2.77. The second kappa shape index (κ2) is 8.65. The Balaban J connectivity index is 1.76. The number of carbonyl (C=O) groups is 1. The van der Waals surface area contributed by atoms with Crippen LogP contribution in [-0.4, -0.2) is 5.97 Å². The van der Waals surface area contributed by atoms with E-state index in [9.17, 15) is 4.79 Å². The fourth-order valence-electron chi connectivity index (χ4n) is 2.59. The van der Waals surface area contributed by atoms with Crippen molar-refractivity contribution in [1.82, 2.24) is 0 Å². The van der Waals surface area contributed by atoms with Gasteiger partial charge in [-0.25, -0.2) is 0 Å². The van der Waals surface area contributed by atoms with E-state index in [2.05, 4.69) is 0 Å². The molecule has 3 aromatic rings. The maximum atomic E-state index is 12.3. The van der Waals surface area contributed by atoms with Crippen molar-refractivity contribution in [2.45, 2.75) is 12.8 Å². The Hall–Kier alpha value is -3.13. The number of hydrogen-bond donors (Lipinski definition) is 0. The normalized spacial score (nSPS) is 11.1. The minimum Gasteiger partial charge on any atom is -0.430 e. The molecule has 0 aliphatic carbocycles. The molecule has 0 saturated heterocycles. The van der Waals surface area contributed by atoms with Crippen LogP contribution >= 0.6 is 0 Å². The first-order valence-corrected chi connectivity index (χ1v) is 8.34. The molecule has 0 amide bonds. The molecule has 0 aromatic heterocycles. The van der Waals surface area contributed by atoms with Gasteiger partial charge in [-0.3, -0.25) is 4.79 Å². The summed E-state index contributed by atoms with van der Waals surface area (Å²) in [7, 11) is 0. The van der Waals surface area contributed by atoms with Gasteiger partial charge in [0.2, 0.25) is 0 Å². The highest BCUT2D eigenvalue weighted by molar-refractivity contribution is 5.74. The summed E-state index contributed by atoms with van der Waals surface area (Å²) in [5.41, 5.74) is 3.07. The second-order valence-electron chi connectivity index (χ2n) is 5.82. The molecule has 25 heavy (non-hydrogen) atoms. The quantitative estimate of drug-likeness (QED) is 0.467. The summed E-state index contributed by atoms with van der Waals surface area (Å²) >= 11 is 0. The van der Waals surface area contributed by atoms with E-state index in [1.54, 1.807) is 0 Å². The van der Waals surface area contributed by atoms with Crippen LogP contribution in [0.1, 0.15) is 16.7 Å². The standard InChI is InChI=1S/C23H20O2/c24-23(18-21-14-8-3-9-15-21)25-22(16-19-10-4-1-5-11-19)17-20-12-6-2-7-13-20/h1-16H,17-18H2. The summed E-state index contributed by atoms with van der Waals surface area (Å²) in [5, 5.41) is 0. The van der Waals surface area contributed by atoms with Gasteiger partial charge in [0.25, 0.3) is 0 Å². The van der Waals surface area contributed by atoms with Gasteiger partial charge in [0.15, 0.2) is 0 Å². The summed E-state index contributed by atoms with van der Waals surface area (Å²) in [5.74, 6) is 0.405. The van der Waals surface area contributed by atoms with Crippen LogP contribution in [0.15, 0.2) is 96.8 Å². The number of esters is 1. The highest BCUT2D eigenvalue weighted by Crippen LogP contribution is 2.15. The van der Waals surface area contributed by atoms with Crippen LogP contribution in [0.4, 0.5) is 0 Å². The zero-order valence-corrected chi connectivity index (χ0v) is 14.0. The van der Waals surface area contributed by atoms with E-state index in [-0.39, 0.29) is 12.4 Å². The Labute approximate surface area is 148 Å². The first-order valence-electron chi connectivity index (χ1n) is 8.34. The van der Waals surface area contributed by atoms with Crippen LogP contribution in [0.3, 0.4) is 0 Å². The third-order valence-electron chi connectivity index (χ3n) is 3.78. The lowest BCUT2D eigenvalue weighted by Crippen LogP contribution is -2.09. The fraction of sp³-hybridized carbons (Fsp3) is 0.0870. The predicted octanol–water partition coefficient (Wildman–Crippen LogP) is 5.06. The van der Waals surface area contributed by atoms with Gasteiger partial charge < -0.3 is 4.74 Å². The summed E-state index contributed by atoms with van der Waals surface area (Å²) in [6, 6.07) is 29.6. The molecule has 0 spiro atoms. The van der Waals surface area contributed by atoms with E-state index < -0.39 is 0 Å². The Kier molecular flexibility index (Phi) is 5.78. The molecule has 0 heterocycles. The molecular weight excluding hydrogens is 308 g/mol. The highest BCUT2D eigenvalue weighted by Gasteiger charge is 2.10. The zero-order valence-electron chi connectivity index (χ0n) is 14.0. The molecule has 0 radical (unpaired) electrons. The van der Waals surface area contributed by atoms with Gasteiger partial charge in [-0.1, -0.05) is 91.0 Å².